The first-order valence-electron chi connectivity index (χ1n) is 18.0. The van der Waals surface area contributed by atoms with E-state index in [2.05, 4.69) is 27.8 Å². The van der Waals surface area contributed by atoms with E-state index >= 15 is 0 Å². The molecule has 3 aliphatic rings. The molecule has 3 aromatic rings. The molecule has 52 heavy (non-hydrogen) atoms. The monoisotopic (exact) mass is 751 g/mol. The predicted octanol–water partition coefficient (Wildman–Crippen LogP) is 6.89. The van der Waals surface area contributed by atoms with Crippen LogP contribution in [0.5, 0.6) is 11.6 Å². The lowest BCUT2D eigenvalue weighted by Crippen LogP contribution is -2.55. The molecule has 1 aliphatic carbocycles. The molecule has 0 spiro atoms. The Hall–Kier alpha value is -3.96. The van der Waals surface area contributed by atoms with Gasteiger partial charge in [-0.3, -0.25) is 9.59 Å². The SMILES string of the molecule is COc1ccc2c(OC3CC4C(=O)NC5(P(C)(C)=O)CC5/C=C/CCCCCC(NC(=O)OC(C)(C)C)C(=O)N4C3)nc(-c3csc(C)n3)cc2c1. The molecule has 6 rings (SSSR count). The average molecular weight is 752 g/mol. The molecule has 2 N–H and O–H groups in total. The van der Waals surface area contributed by atoms with Gasteiger partial charge < -0.3 is 34.3 Å². The topological polar surface area (TPSA) is 149 Å². The highest BCUT2D eigenvalue weighted by Gasteiger charge is 2.62. The summed E-state index contributed by atoms with van der Waals surface area (Å²) < 4.78 is 31.4. The van der Waals surface area contributed by atoms with E-state index in [0.717, 1.165) is 35.0 Å². The fraction of sp³-hybridized carbons (Fsp3) is 0.553. The summed E-state index contributed by atoms with van der Waals surface area (Å²) in [6.07, 6.45) is 7.29. The van der Waals surface area contributed by atoms with Gasteiger partial charge in [-0.2, -0.15) is 0 Å². The van der Waals surface area contributed by atoms with Crippen molar-refractivity contribution in [2.24, 2.45) is 5.92 Å². The van der Waals surface area contributed by atoms with Crippen molar-refractivity contribution in [3.05, 3.63) is 46.8 Å². The fourth-order valence-corrected chi connectivity index (χ4v) is 9.73. The number of hydrogen-bond acceptors (Lipinski definition) is 10. The third-order valence-electron chi connectivity index (χ3n) is 10.0. The first-order valence-corrected chi connectivity index (χ1v) is 21.5. The highest BCUT2D eigenvalue weighted by Crippen LogP contribution is 2.68. The van der Waals surface area contributed by atoms with E-state index in [0.29, 0.717) is 42.3 Å². The van der Waals surface area contributed by atoms with Crippen molar-refractivity contribution in [3.8, 4) is 23.0 Å². The summed E-state index contributed by atoms with van der Waals surface area (Å²) in [7, 11) is -1.20. The van der Waals surface area contributed by atoms with Crippen molar-refractivity contribution in [1.82, 2.24) is 25.5 Å². The molecule has 2 aromatic heterocycles. The number of thiazole rings is 1. The van der Waals surface area contributed by atoms with Gasteiger partial charge in [-0.15, -0.1) is 11.3 Å². The van der Waals surface area contributed by atoms with Crippen LogP contribution in [0, 0.1) is 12.8 Å². The van der Waals surface area contributed by atoms with Crippen LogP contribution in [0.25, 0.3) is 22.2 Å². The predicted molar refractivity (Wildman–Crippen MR) is 202 cm³/mol. The number of alkyl carbamates (subject to hydrolysis) is 1. The molecule has 2 aliphatic heterocycles. The van der Waals surface area contributed by atoms with Crippen LogP contribution in [0.3, 0.4) is 0 Å². The summed E-state index contributed by atoms with van der Waals surface area (Å²) in [6.45, 7) is 10.7. The number of fused-ring (bicyclic) bond motifs is 3. The zero-order chi connectivity index (χ0) is 37.4. The Balaban J connectivity index is 1.35. The average Bonchev–Trinajstić information content (AvgIpc) is 3.36. The highest BCUT2D eigenvalue weighted by molar-refractivity contribution is 7.64. The highest BCUT2D eigenvalue weighted by atomic mass is 32.1. The number of ether oxygens (including phenoxy) is 3. The maximum absolute atomic E-state index is 14.5. The van der Waals surface area contributed by atoms with Crippen LogP contribution in [0.1, 0.15) is 70.7 Å². The van der Waals surface area contributed by atoms with E-state index < -0.39 is 48.2 Å². The van der Waals surface area contributed by atoms with Crippen LogP contribution in [-0.2, 0) is 18.9 Å². The van der Waals surface area contributed by atoms with E-state index in [9.17, 15) is 18.9 Å². The zero-order valence-electron chi connectivity index (χ0n) is 31.1. The largest absolute Gasteiger partial charge is 0.497 e. The van der Waals surface area contributed by atoms with Crippen LogP contribution < -0.4 is 20.1 Å². The quantitative estimate of drug-likeness (QED) is 0.203. The molecule has 12 nitrogen and oxygen atoms in total. The maximum Gasteiger partial charge on any atom is 0.408 e. The summed E-state index contributed by atoms with van der Waals surface area (Å²) in [5.74, 6) is 0.192. The Morgan fingerprint density at radius 2 is 1.90 bits per heavy atom. The second kappa shape index (κ2) is 14.8. The smallest absolute Gasteiger partial charge is 0.408 e. The van der Waals surface area contributed by atoms with Gasteiger partial charge >= 0.3 is 6.09 Å². The molecule has 1 saturated carbocycles. The molecule has 3 amide bonds. The van der Waals surface area contributed by atoms with Gasteiger partial charge in [0.05, 0.1) is 35.3 Å². The molecule has 0 bridgehead atoms. The minimum absolute atomic E-state index is 0.0498. The summed E-state index contributed by atoms with van der Waals surface area (Å²) in [5.41, 5.74) is 0.576. The maximum atomic E-state index is 14.5. The molecule has 1 aromatic carbocycles. The van der Waals surface area contributed by atoms with Gasteiger partial charge in [0.25, 0.3) is 0 Å². The van der Waals surface area contributed by atoms with Crippen LogP contribution in [0.4, 0.5) is 4.79 Å². The minimum Gasteiger partial charge on any atom is -0.497 e. The van der Waals surface area contributed by atoms with Crippen molar-refractivity contribution in [2.75, 3.05) is 27.0 Å². The number of pyridine rings is 1. The molecule has 14 heteroatoms. The standard InChI is InChI=1S/C38H50N5O7PS/c1-23-39-31(22-52-23)30-18-24-17-26(48-5)15-16-28(24)34(40-30)49-27-19-32-33(44)42-38(51(6,7)47)20-25(38)13-11-9-8-10-12-14-29(35(45)43(32)21-27)41-36(46)50-37(2,3)4/h11,13,15-18,22,25,27,29,32H,8-10,12,14,19-21H2,1-7H3,(H,41,46)(H,42,44)/b13-11+. The number of carbonyl (C=O) groups excluding carboxylic acids is 3. The number of hydrogen-bond donors (Lipinski definition) is 2. The first kappa shape index (κ1) is 37.8. The number of methoxy groups -OCH3 is 1. The number of amides is 3. The van der Waals surface area contributed by atoms with Crippen molar-refractivity contribution in [3.63, 3.8) is 0 Å². The van der Waals surface area contributed by atoms with Crippen molar-refractivity contribution in [1.29, 1.82) is 0 Å². The summed E-state index contributed by atoms with van der Waals surface area (Å²) in [4.78, 5) is 52.9. The van der Waals surface area contributed by atoms with E-state index in [1.807, 2.05) is 36.6 Å². The lowest BCUT2D eigenvalue weighted by atomic mass is 10.0. The fourth-order valence-electron chi connectivity index (χ4n) is 7.22. The van der Waals surface area contributed by atoms with E-state index in [1.165, 1.54) is 16.2 Å². The third kappa shape index (κ3) is 8.31. The number of nitrogens with zero attached hydrogens (tertiary/aromatic N) is 3. The van der Waals surface area contributed by atoms with Gasteiger partial charge in [0.15, 0.2) is 0 Å². The zero-order valence-corrected chi connectivity index (χ0v) is 32.8. The molecular formula is C38H50N5O7PS. The Morgan fingerprint density at radius 3 is 2.60 bits per heavy atom. The van der Waals surface area contributed by atoms with Crippen LogP contribution in [0.15, 0.2) is 41.8 Å². The van der Waals surface area contributed by atoms with Gasteiger partial charge in [0.2, 0.25) is 17.7 Å². The van der Waals surface area contributed by atoms with Gasteiger partial charge in [-0.1, -0.05) is 25.0 Å². The normalized spacial score (nSPS) is 26.3. The van der Waals surface area contributed by atoms with E-state index in [1.54, 1.807) is 41.2 Å². The van der Waals surface area contributed by atoms with Crippen LogP contribution in [-0.4, -0.2) is 88.8 Å². The number of aromatic nitrogens is 2. The first-order chi connectivity index (χ1) is 24.6. The van der Waals surface area contributed by atoms with Gasteiger partial charge in [0, 0.05) is 23.1 Å². The second-order valence-electron chi connectivity index (χ2n) is 15.5. The summed E-state index contributed by atoms with van der Waals surface area (Å²) >= 11 is 1.52. The number of carbonyl (C=O) groups is 3. The molecule has 5 atom stereocenters. The van der Waals surface area contributed by atoms with Gasteiger partial charge in [-0.05, 0) is 96.4 Å². The Bertz CT molecular complexity index is 1920. The molecule has 2 fully saturated rings. The summed E-state index contributed by atoms with van der Waals surface area (Å²) in [6, 6.07) is 5.70. The van der Waals surface area contributed by atoms with Gasteiger partial charge in [-0.25, -0.2) is 14.8 Å². The molecule has 4 heterocycles. The Kier molecular flexibility index (Phi) is 10.8. The van der Waals surface area contributed by atoms with Crippen molar-refractivity contribution < 1.29 is 33.2 Å². The second-order valence-corrected chi connectivity index (χ2v) is 20.0. The van der Waals surface area contributed by atoms with Crippen molar-refractivity contribution >= 4 is 47.2 Å². The minimum atomic E-state index is -2.81. The number of nitrogens with one attached hydrogen (secondary N) is 2. The van der Waals surface area contributed by atoms with Gasteiger partial charge in [0.1, 0.15) is 36.7 Å². The number of rotatable bonds is 6. The molecule has 0 radical (unpaired) electrons. The molecule has 1 saturated heterocycles. The molecule has 5 unspecified atom stereocenters. The molecular weight excluding hydrogens is 701 g/mol. The van der Waals surface area contributed by atoms with Crippen molar-refractivity contribution in [2.45, 2.75) is 102 Å². The Labute approximate surface area is 309 Å². The lowest BCUT2D eigenvalue weighted by Gasteiger charge is -2.31. The Morgan fingerprint density at radius 1 is 1.12 bits per heavy atom. The van der Waals surface area contributed by atoms with E-state index in [4.69, 9.17) is 19.2 Å². The third-order valence-corrected chi connectivity index (χ3v) is 13.3. The number of allylic oxidation sites excluding steroid dienone is 1. The number of aryl methyl sites for hydroxylation is 1. The van der Waals surface area contributed by atoms with Crippen LogP contribution in [0.2, 0.25) is 0 Å². The number of benzene rings is 1. The summed E-state index contributed by atoms with van der Waals surface area (Å²) in [5, 5.41) is 9.52. The lowest BCUT2D eigenvalue weighted by molar-refractivity contribution is -0.140. The van der Waals surface area contributed by atoms with E-state index in [-0.39, 0.29) is 24.8 Å². The molecule has 280 valence electrons. The van der Waals surface area contributed by atoms with Crippen LogP contribution >= 0.6 is 18.5 Å².